The highest BCUT2D eigenvalue weighted by atomic mass is 35.5. The van der Waals surface area contributed by atoms with E-state index in [1.54, 1.807) is 19.2 Å². The first-order chi connectivity index (χ1) is 13.2. The summed E-state index contributed by atoms with van der Waals surface area (Å²) in [5, 5.41) is 6.37. The van der Waals surface area contributed by atoms with Gasteiger partial charge in [-0.1, -0.05) is 30.3 Å². The van der Waals surface area contributed by atoms with Crippen LogP contribution in [0.25, 0.3) is 0 Å². The van der Waals surface area contributed by atoms with Crippen LogP contribution in [0.2, 0.25) is 0 Å². The van der Waals surface area contributed by atoms with Crippen LogP contribution in [-0.4, -0.2) is 50.6 Å². The lowest BCUT2D eigenvalue weighted by Gasteiger charge is -2.36. The van der Waals surface area contributed by atoms with Gasteiger partial charge in [0, 0.05) is 31.7 Å². The van der Waals surface area contributed by atoms with Crippen LogP contribution in [0.15, 0.2) is 48.5 Å². The van der Waals surface area contributed by atoms with E-state index in [9.17, 15) is 9.18 Å². The Morgan fingerprint density at radius 3 is 2.75 bits per heavy atom. The molecule has 2 aromatic rings. The van der Waals surface area contributed by atoms with E-state index < -0.39 is 0 Å². The van der Waals surface area contributed by atoms with Crippen molar-refractivity contribution >= 4 is 18.3 Å². The minimum atomic E-state index is -0.246. The Balaban J connectivity index is 0.00000280. The molecular formula is C21H27ClFN3O2. The van der Waals surface area contributed by atoms with Gasteiger partial charge in [-0.15, -0.1) is 12.4 Å². The first-order valence-electron chi connectivity index (χ1n) is 9.26. The lowest BCUT2D eigenvalue weighted by Crippen LogP contribution is -2.49. The first-order valence-corrected chi connectivity index (χ1v) is 9.26. The van der Waals surface area contributed by atoms with Gasteiger partial charge in [-0.3, -0.25) is 9.69 Å². The second kappa shape index (κ2) is 11.0. The summed E-state index contributed by atoms with van der Waals surface area (Å²) in [6, 6.07) is 14.4. The van der Waals surface area contributed by atoms with E-state index in [1.807, 2.05) is 18.2 Å². The molecule has 1 fully saturated rings. The molecule has 0 radical (unpaired) electrons. The normalized spacial score (nSPS) is 16.9. The van der Waals surface area contributed by atoms with Crippen LogP contribution < -0.4 is 15.4 Å². The molecular weight excluding hydrogens is 381 g/mol. The van der Waals surface area contributed by atoms with Gasteiger partial charge in [-0.25, -0.2) is 4.39 Å². The molecule has 1 atom stereocenters. The Morgan fingerprint density at radius 1 is 1.25 bits per heavy atom. The maximum absolute atomic E-state index is 12.9. The third-order valence-corrected chi connectivity index (χ3v) is 4.85. The highest BCUT2D eigenvalue weighted by Gasteiger charge is 2.27. The molecule has 1 heterocycles. The van der Waals surface area contributed by atoms with E-state index in [0.29, 0.717) is 19.5 Å². The lowest BCUT2D eigenvalue weighted by atomic mass is 10.0. The number of halogens is 2. The topological polar surface area (TPSA) is 53.6 Å². The highest BCUT2D eigenvalue weighted by Crippen LogP contribution is 2.29. The number of methoxy groups -OCH3 is 1. The molecule has 0 bridgehead atoms. The van der Waals surface area contributed by atoms with E-state index in [0.717, 1.165) is 36.5 Å². The molecule has 1 amide bonds. The molecule has 0 spiro atoms. The van der Waals surface area contributed by atoms with E-state index in [1.165, 1.54) is 12.1 Å². The van der Waals surface area contributed by atoms with Crippen molar-refractivity contribution in [2.24, 2.45) is 0 Å². The second-order valence-electron chi connectivity index (χ2n) is 6.66. The first kappa shape index (κ1) is 22.1. The molecule has 0 aliphatic carbocycles. The maximum Gasteiger partial charge on any atom is 0.234 e. The minimum absolute atomic E-state index is 0. The summed E-state index contributed by atoms with van der Waals surface area (Å²) in [7, 11) is 1.67. The van der Waals surface area contributed by atoms with Gasteiger partial charge >= 0.3 is 0 Å². The summed E-state index contributed by atoms with van der Waals surface area (Å²) >= 11 is 0. The van der Waals surface area contributed by atoms with Crippen LogP contribution in [0.3, 0.4) is 0 Å². The van der Waals surface area contributed by atoms with Crippen LogP contribution in [-0.2, 0) is 11.2 Å². The number of para-hydroxylation sites is 1. The van der Waals surface area contributed by atoms with Gasteiger partial charge in [0.05, 0.1) is 19.7 Å². The standard InChI is InChI=1S/C21H26FN3O2.ClH/c1-27-20-5-3-2-4-18(20)19-14-23-12-13-25(19)15-21(26)24-11-10-16-6-8-17(22)9-7-16;/h2-9,19,23H,10-15H2,1H3,(H,24,26);1H. The number of amides is 1. The number of benzene rings is 2. The molecule has 0 aromatic heterocycles. The number of piperazine rings is 1. The number of carbonyl (C=O) groups excluding carboxylic acids is 1. The van der Waals surface area contributed by atoms with Crippen molar-refractivity contribution in [2.75, 3.05) is 39.8 Å². The molecule has 1 unspecified atom stereocenters. The summed E-state index contributed by atoms with van der Waals surface area (Å²) in [4.78, 5) is 14.6. The van der Waals surface area contributed by atoms with Crippen molar-refractivity contribution in [3.63, 3.8) is 0 Å². The summed E-state index contributed by atoms with van der Waals surface area (Å²) in [6.45, 7) is 3.32. The van der Waals surface area contributed by atoms with Crippen LogP contribution in [0.4, 0.5) is 4.39 Å². The maximum atomic E-state index is 12.9. The number of nitrogens with zero attached hydrogens (tertiary/aromatic N) is 1. The Kier molecular flexibility index (Phi) is 8.70. The van der Waals surface area contributed by atoms with Gasteiger partial charge in [-0.2, -0.15) is 0 Å². The highest BCUT2D eigenvalue weighted by molar-refractivity contribution is 5.85. The Labute approximate surface area is 171 Å². The summed E-state index contributed by atoms with van der Waals surface area (Å²) in [6.07, 6.45) is 0.684. The largest absolute Gasteiger partial charge is 0.496 e. The SMILES string of the molecule is COc1ccccc1C1CNCCN1CC(=O)NCCc1ccc(F)cc1.Cl. The smallest absolute Gasteiger partial charge is 0.234 e. The zero-order valence-corrected chi connectivity index (χ0v) is 16.8. The van der Waals surface area contributed by atoms with E-state index in [-0.39, 0.29) is 30.2 Å². The Morgan fingerprint density at radius 2 is 2.00 bits per heavy atom. The average Bonchev–Trinajstić information content (AvgIpc) is 2.70. The molecule has 28 heavy (non-hydrogen) atoms. The molecule has 3 rings (SSSR count). The molecule has 152 valence electrons. The van der Waals surface area contributed by atoms with Crippen molar-refractivity contribution in [1.29, 1.82) is 0 Å². The Hall–Kier alpha value is -2.15. The van der Waals surface area contributed by atoms with Gasteiger partial charge in [0.2, 0.25) is 5.91 Å². The van der Waals surface area contributed by atoms with E-state index >= 15 is 0 Å². The van der Waals surface area contributed by atoms with E-state index in [2.05, 4.69) is 21.6 Å². The van der Waals surface area contributed by atoms with Crippen molar-refractivity contribution < 1.29 is 13.9 Å². The molecule has 5 nitrogen and oxygen atoms in total. The number of hydrogen-bond acceptors (Lipinski definition) is 4. The van der Waals surface area contributed by atoms with Gasteiger partial charge in [0.1, 0.15) is 11.6 Å². The number of ether oxygens (including phenoxy) is 1. The molecule has 1 aliphatic heterocycles. The van der Waals surface area contributed by atoms with Crippen LogP contribution in [0, 0.1) is 5.82 Å². The van der Waals surface area contributed by atoms with Crippen molar-refractivity contribution in [3.8, 4) is 5.75 Å². The Bertz CT molecular complexity index is 758. The molecule has 2 N–H and O–H groups in total. The zero-order valence-electron chi connectivity index (χ0n) is 16.0. The summed E-state index contributed by atoms with van der Waals surface area (Å²) < 4.78 is 18.4. The molecule has 1 saturated heterocycles. The van der Waals surface area contributed by atoms with Crippen LogP contribution in [0.5, 0.6) is 5.75 Å². The van der Waals surface area contributed by atoms with Crippen molar-refractivity contribution in [3.05, 3.63) is 65.5 Å². The zero-order chi connectivity index (χ0) is 19.1. The van der Waals surface area contributed by atoms with Crippen molar-refractivity contribution in [1.82, 2.24) is 15.5 Å². The monoisotopic (exact) mass is 407 g/mol. The van der Waals surface area contributed by atoms with Crippen LogP contribution >= 0.6 is 12.4 Å². The number of carbonyl (C=O) groups is 1. The quantitative estimate of drug-likeness (QED) is 0.740. The lowest BCUT2D eigenvalue weighted by molar-refractivity contribution is -0.123. The predicted octanol–water partition coefficient (Wildman–Crippen LogP) is 2.56. The fourth-order valence-corrected chi connectivity index (χ4v) is 3.42. The van der Waals surface area contributed by atoms with Gasteiger partial charge in [0.25, 0.3) is 0 Å². The average molecular weight is 408 g/mol. The third-order valence-electron chi connectivity index (χ3n) is 4.85. The fourth-order valence-electron chi connectivity index (χ4n) is 3.42. The summed E-state index contributed by atoms with van der Waals surface area (Å²) in [5.74, 6) is 0.593. The molecule has 7 heteroatoms. The van der Waals surface area contributed by atoms with Crippen molar-refractivity contribution in [2.45, 2.75) is 12.5 Å². The summed E-state index contributed by atoms with van der Waals surface area (Å²) in [5.41, 5.74) is 2.09. The van der Waals surface area contributed by atoms with Gasteiger partial charge in [0.15, 0.2) is 0 Å². The number of rotatable bonds is 7. The molecule has 1 aliphatic rings. The van der Waals surface area contributed by atoms with Gasteiger partial charge in [-0.05, 0) is 30.2 Å². The molecule has 2 aromatic carbocycles. The molecule has 0 saturated carbocycles. The second-order valence-corrected chi connectivity index (χ2v) is 6.66. The minimum Gasteiger partial charge on any atom is -0.496 e. The third kappa shape index (κ3) is 5.92. The fraction of sp³-hybridized carbons (Fsp3) is 0.381. The predicted molar refractivity (Wildman–Crippen MR) is 111 cm³/mol. The number of nitrogens with one attached hydrogen (secondary N) is 2. The van der Waals surface area contributed by atoms with E-state index in [4.69, 9.17) is 4.74 Å². The van der Waals surface area contributed by atoms with Crippen LogP contribution in [0.1, 0.15) is 17.2 Å². The number of hydrogen-bond donors (Lipinski definition) is 2. The van der Waals surface area contributed by atoms with Gasteiger partial charge < -0.3 is 15.4 Å².